The topological polar surface area (TPSA) is 18.5 Å². The van der Waals surface area contributed by atoms with Gasteiger partial charge in [-0.05, 0) is 24.8 Å². The van der Waals surface area contributed by atoms with Crippen molar-refractivity contribution in [3.8, 4) is 0 Å². The van der Waals surface area contributed by atoms with E-state index in [0.29, 0.717) is 25.0 Å². The fraction of sp³-hybridized carbons (Fsp3) is 0.571. The average Bonchev–Trinajstić information content (AvgIpc) is 2.35. The standard InChI is InChI=1S/C14H21ClO2/c1-12-3-5-13(6-4-12)14(11-15)7-8-17-10-9-16-2/h3-6,14H,7-11H2,1-2H3. The number of rotatable bonds is 8. The third-order valence-corrected chi connectivity index (χ3v) is 3.15. The summed E-state index contributed by atoms with van der Waals surface area (Å²) in [7, 11) is 1.68. The van der Waals surface area contributed by atoms with E-state index in [0.717, 1.165) is 13.0 Å². The molecular weight excluding hydrogens is 236 g/mol. The SMILES string of the molecule is COCCOCCC(CCl)c1ccc(C)cc1. The van der Waals surface area contributed by atoms with Crippen LogP contribution in [-0.4, -0.2) is 32.8 Å². The normalized spacial score (nSPS) is 12.6. The summed E-state index contributed by atoms with van der Waals surface area (Å²) in [5.41, 5.74) is 2.57. The van der Waals surface area contributed by atoms with Gasteiger partial charge < -0.3 is 9.47 Å². The van der Waals surface area contributed by atoms with Gasteiger partial charge in [-0.15, -0.1) is 11.6 Å². The highest BCUT2D eigenvalue weighted by molar-refractivity contribution is 6.18. The molecule has 0 bridgehead atoms. The number of hydrogen-bond donors (Lipinski definition) is 0. The maximum atomic E-state index is 6.00. The molecule has 2 nitrogen and oxygen atoms in total. The molecule has 17 heavy (non-hydrogen) atoms. The minimum Gasteiger partial charge on any atom is -0.382 e. The second-order valence-corrected chi connectivity index (χ2v) is 4.46. The fourth-order valence-corrected chi connectivity index (χ4v) is 1.97. The van der Waals surface area contributed by atoms with E-state index in [1.54, 1.807) is 7.11 Å². The molecule has 0 fully saturated rings. The molecule has 0 aromatic heterocycles. The molecule has 1 rings (SSSR count). The lowest BCUT2D eigenvalue weighted by atomic mass is 9.97. The van der Waals surface area contributed by atoms with E-state index in [4.69, 9.17) is 21.1 Å². The van der Waals surface area contributed by atoms with E-state index < -0.39 is 0 Å². The van der Waals surface area contributed by atoms with Gasteiger partial charge in [0, 0.05) is 19.6 Å². The van der Waals surface area contributed by atoms with Gasteiger partial charge in [-0.3, -0.25) is 0 Å². The highest BCUT2D eigenvalue weighted by Gasteiger charge is 2.09. The third kappa shape index (κ3) is 5.53. The molecule has 3 heteroatoms. The van der Waals surface area contributed by atoms with Gasteiger partial charge >= 0.3 is 0 Å². The summed E-state index contributed by atoms with van der Waals surface area (Å²) < 4.78 is 10.4. The maximum absolute atomic E-state index is 6.00. The van der Waals surface area contributed by atoms with Crippen LogP contribution in [0.25, 0.3) is 0 Å². The Hall–Kier alpha value is -0.570. The lowest BCUT2D eigenvalue weighted by Gasteiger charge is -2.14. The number of ether oxygens (including phenoxy) is 2. The second kappa shape index (κ2) is 8.51. The lowest BCUT2D eigenvalue weighted by Crippen LogP contribution is -2.08. The number of aryl methyl sites for hydroxylation is 1. The van der Waals surface area contributed by atoms with Crippen molar-refractivity contribution in [1.82, 2.24) is 0 Å². The second-order valence-electron chi connectivity index (χ2n) is 4.16. The molecule has 1 aromatic rings. The Morgan fingerprint density at radius 3 is 2.41 bits per heavy atom. The summed E-state index contributed by atoms with van der Waals surface area (Å²) in [6.45, 7) is 4.12. The highest BCUT2D eigenvalue weighted by atomic mass is 35.5. The predicted molar refractivity (Wildman–Crippen MR) is 72.0 cm³/mol. The summed E-state index contributed by atoms with van der Waals surface area (Å²) in [5, 5.41) is 0. The van der Waals surface area contributed by atoms with Crippen LogP contribution < -0.4 is 0 Å². The molecule has 0 saturated heterocycles. The number of benzene rings is 1. The number of hydrogen-bond acceptors (Lipinski definition) is 2. The Labute approximate surface area is 109 Å². The molecule has 1 atom stereocenters. The lowest BCUT2D eigenvalue weighted by molar-refractivity contribution is 0.0676. The first kappa shape index (κ1) is 14.5. The molecule has 0 aliphatic rings. The number of alkyl halides is 1. The van der Waals surface area contributed by atoms with Gasteiger partial charge in [-0.2, -0.15) is 0 Å². The Bertz CT molecular complexity index is 298. The van der Waals surface area contributed by atoms with E-state index in [9.17, 15) is 0 Å². The van der Waals surface area contributed by atoms with Crippen molar-refractivity contribution in [2.45, 2.75) is 19.3 Å². The number of methoxy groups -OCH3 is 1. The van der Waals surface area contributed by atoms with Gasteiger partial charge in [-0.25, -0.2) is 0 Å². The quantitative estimate of drug-likeness (QED) is 0.525. The molecule has 0 aliphatic carbocycles. The molecule has 96 valence electrons. The Morgan fingerprint density at radius 1 is 1.12 bits per heavy atom. The predicted octanol–water partition coefficient (Wildman–Crippen LogP) is 3.37. The van der Waals surface area contributed by atoms with Crippen molar-refractivity contribution in [2.24, 2.45) is 0 Å². The van der Waals surface area contributed by atoms with Crippen LogP contribution in [0.1, 0.15) is 23.5 Å². The number of halogens is 1. The van der Waals surface area contributed by atoms with Crippen LogP contribution in [-0.2, 0) is 9.47 Å². The zero-order chi connectivity index (χ0) is 12.5. The first-order chi connectivity index (χ1) is 8.27. The highest BCUT2D eigenvalue weighted by Crippen LogP contribution is 2.21. The molecule has 0 N–H and O–H groups in total. The Morgan fingerprint density at radius 2 is 1.82 bits per heavy atom. The molecular formula is C14H21ClO2. The maximum Gasteiger partial charge on any atom is 0.0700 e. The van der Waals surface area contributed by atoms with Crippen molar-refractivity contribution in [3.63, 3.8) is 0 Å². The minimum atomic E-state index is 0.375. The Kier molecular flexibility index (Phi) is 7.25. The zero-order valence-electron chi connectivity index (χ0n) is 10.6. The van der Waals surface area contributed by atoms with Crippen LogP contribution >= 0.6 is 11.6 Å². The third-order valence-electron chi connectivity index (χ3n) is 2.78. The molecule has 0 amide bonds. The van der Waals surface area contributed by atoms with Crippen LogP contribution in [0.2, 0.25) is 0 Å². The molecule has 0 radical (unpaired) electrons. The summed E-state index contributed by atoms with van der Waals surface area (Å²) in [6.07, 6.45) is 0.955. The summed E-state index contributed by atoms with van der Waals surface area (Å²) in [4.78, 5) is 0. The molecule has 0 spiro atoms. The molecule has 1 unspecified atom stereocenters. The van der Waals surface area contributed by atoms with Crippen LogP contribution in [0.3, 0.4) is 0 Å². The van der Waals surface area contributed by atoms with Gasteiger partial charge in [0.2, 0.25) is 0 Å². The van der Waals surface area contributed by atoms with Gasteiger partial charge in [0.05, 0.1) is 13.2 Å². The van der Waals surface area contributed by atoms with Crippen LogP contribution in [0.4, 0.5) is 0 Å². The van der Waals surface area contributed by atoms with Crippen molar-refractivity contribution >= 4 is 11.6 Å². The monoisotopic (exact) mass is 256 g/mol. The first-order valence-electron chi connectivity index (χ1n) is 5.97. The van der Waals surface area contributed by atoms with E-state index in [1.807, 2.05) is 0 Å². The van der Waals surface area contributed by atoms with E-state index >= 15 is 0 Å². The van der Waals surface area contributed by atoms with E-state index in [2.05, 4.69) is 31.2 Å². The molecule has 0 aliphatic heterocycles. The van der Waals surface area contributed by atoms with E-state index in [-0.39, 0.29) is 0 Å². The van der Waals surface area contributed by atoms with Crippen molar-refractivity contribution in [1.29, 1.82) is 0 Å². The van der Waals surface area contributed by atoms with Crippen LogP contribution in [0, 0.1) is 6.92 Å². The van der Waals surface area contributed by atoms with Gasteiger partial charge in [0.25, 0.3) is 0 Å². The summed E-state index contributed by atoms with van der Waals surface area (Å²) in [5.74, 6) is 1.01. The van der Waals surface area contributed by atoms with Gasteiger partial charge in [0.15, 0.2) is 0 Å². The van der Waals surface area contributed by atoms with E-state index in [1.165, 1.54) is 11.1 Å². The molecule has 1 aromatic carbocycles. The molecule has 0 saturated carbocycles. The molecule has 0 heterocycles. The largest absolute Gasteiger partial charge is 0.382 e. The van der Waals surface area contributed by atoms with Crippen LogP contribution in [0.15, 0.2) is 24.3 Å². The van der Waals surface area contributed by atoms with Crippen molar-refractivity contribution in [3.05, 3.63) is 35.4 Å². The average molecular weight is 257 g/mol. The smallest absolute Gasteiger partial charge is 0.0700 e. The Balaban J connectivity index is 2.35. The van der Waals surface area contributed by atoms with Gasteiger partial charge in [-0.1, -0.05) is 29.8 Å². The van der Waals surface area contributed by atoms with Crippen molar-refractivity contribution in [2.75, 3.05) is 32.8 Å². The minimum absolute atomic E-state index is 0.375. The van der Waals surface area contributed by atoms with Crippen LogP contribution in [0.5, 0.6) is 0 Å². The first-order valence-corrected chi connectivity index (χ1v) is 6.50. The zero-order valence-corrected chi connectivity index (χ0v) is 11.4. The summed E-state index contributed by atoms with van der Waals surface area (Å²) >= 11 is 6.00. The van der Waals surface area contributed by atoms with Gasteiger partial charge in [0.1, 0.15) is 0 Å². The summed E-state index contributed by atoms with van der Waals surface area (Å²) in [6, 6.07) is 8.55. The van der Waals surface area contributed by atoms with Crippen molar-refractivity contribution < 1.29 is 9.47 Å². The fourth-order valence-electron chi connectivity index (χ4n) is 1.64.